The van der Waals surface area contributed by atoms with Gasteiger partial charge in [0, 0.05) is 26.1 Å². The maximum Gasteiger partial charge on any atom is 0.0905 e. The van der Waals surface area contributed by atoms with E-state index < -0.39 is 0 Å². The minimum Gasteiger partial charge on any atom is -0.388 e. The zero-order valence-corrected chi connectivity index (χ0v) is 10.5. The second-order valence-electron chi connectivity index (χ2n) is 4.74. The number of methoxy groups -OCH3 is 1. The lowest BCUT2D eigenvalue weighted by atomic mass is 10.1. The van der Waals surface area contributed by atoms with Crippen molar-refractivity contribution in [1.82, 2.24) is 4.90 Å². The van der Waals surface area contributed by atoms with E-state index in [0.717, 1.165) is 32.0 Å². The second kappa shape index (κ2) is 6.86. The van der Waals surface area contributed by atoms with E-state index in [1.165, 1.54) is 12.8 Å². The fourth-order valence-electron chi connectivity index (χ4n) is 2.08. The van der Waals surface area contributed by atoms with E-state index in [1.807, 2.05) is 0 Å². The molecule has 1 unspecified atom stereocenters. The number of nitrogens with two attached hydrogens (primary N) is 1. The summed E-state index contributed by atoms with van der Waals surface area (Å²) >= 11 is 0. The van der Waals surface area contributed by atoms with Crippen LogP contribution in [0.15, 0.2) is 0 Å². The number of nitrogens with zero attached hydrogens (tertiary/aromatic N) is 1. The highest BCUT2D eigenvalue weighted by atomic mass is 16.5. The van der Waals surface area contributed by atoms with E-state index in [2.05, 4.69) is 11.8 Å². The molecule has 0 aromatic heterocycles. The van der Waals surface area contributed by atoms with Gasteiger partial charge in [-0.1, -0.05) is 0 Å². The lowest BCUT2D eigenvalue weighted by molar-refractivity contribution is 0.116. The van der Waals surface area contributed by atoms with Gasteiger partial charge in [-0.3, -0.25) is 10.3 Å². The predicted molar refractivity (Wildman–Crippen MR) is 66.8 cm³/mol. The van der Waals surface area contributed by atoms with Gasteiger partial charge in [0.1, 0.15) is 0 Å². The van der Waals surface area contributed by atoms with Gasteiger partial charge in [-0.15, -0.1) is 0 Å². The van der Waals surface area contributed by atoms with Crippen LogP contribution in [0.25, 0.3) is 0 Å². The standard InChI is InChI=1S/C12H25N3O/c1-10(11-5-6-11)15(8-9-16-2)7-3-4-12(13)14/h10-11H,3-9H2,1-2H3,(H3,13,14). The van der Waals surface area contributed by atoms with E-state index >= 15 is 0 Å². The normalized spacial score (nSPS) is 17.7. The molecule has 1 rings (SSSR count). The van der Waals surface area contributed by atoms with Gasteiger partial charge in [0.2, 0.25) is 0 Å². The second-order valence-corrected chi connectivity index (χ2v) is 4.74. The summed E-state index contributed by atoms with van der Waals surface area (Å²) in [5, 5.41) is 7.22. The van der Waals surface area contributed by atoms with Gasteiger partial charge < -0.3 is 10.5 Å². The Labute approximate surface area is 98.6 Å². The van der Waals surface area contributed by atoms with E-state index in [9.17, 15) is 0 Å². The number of amidine groups is 1. The lowest BCUT2D eigenvalue weighted by Crippen LogP contribution is -2.38. The van der Waals surface area contributed by atoms with Crippen molar-refractivity contribution in [1.29, 1.82) is 5.41 Å². The molecule has 0 aromatic carbocycles. The summed E-state index contributed by atoms with van der Waals surface area (Å²) in [6.07, 6.45) is 4.44. The van der Waals surface area contributed by atoms with Gasteiger partial charge in [0.05, 0.1) is 12.4 Å². The van der Waals surface area contributed by atoms with Gasteiger partial charge in [-0.05, 0) is 38.6 Å². The van der Waals surface area contributed by atoms with Crippen LogP contribution in [0, 0.1) is 11.3 Å². The molecule has 94 valence electrons. The first-order valence-electron chi connectivity index (χ1n) is 6.21. The summed E-state index contributed by atoms with van der Waals surface area (Å²) in [5.41, 5.74) is 5.37. The Morgan fingerprint density at radius 1 is 1.50 bits per heavy atom. The molecule has 0 aromatic rings. The predicted octanol–water partition coefficient (Wildman–Crippen LogP) is 1.45. The first-order valence-corrected chi connectivity index (χ1v) is 6.21. The van der Waals surface area contributed by atoms with Crippen LogP contribution in [0.4, 0.5) is 0 Å². The molecule has 4 nitrogen and oxygen atoms in total. The van der Waals surface area contributed by atoms with Crippen molar-refractivity contribution in [3.05, 3.63) is 0 Å². The van der Waals surface area contributed by atoms with Crippen molar-refractivity contribution in [2.45, 2.75) is 38.6 Å². The number of hydrogen-bond donors (Lipinski definition) is 2. The molecule has 1 fully saturated rings. The molecule has 1 atom stereocenters. The molecule has 0 spiro atoms. The van der Waals surface area contributed by atoms with Crippen molar-refractivity contribution < 1.29 is 4.74 Å². The third-order valence-electron chi connectivity index (χ3n) is 3.35. The van der Waals surface area contributed by atoms with Crippen molar-refractivity contribution in [2.24, 2.45) is 11.7 Å². The van der Waals surface area contributed by atoms with Crippen molar-refractivity contribution >= 4 is 5.84 Å². The van der Waals surface area contributed by atoms with E-state index in [0.29, 0.717) is 18.3 Å². The van der Waals surface area contributed by atoms with Crippen LogP contribution in [0.5, 0.6) is 0 Å². The molecule has 1 saturated carbocycles. The molecular weight excluding hydrogens is 202 g/mol. The minimum absolute atomic E-state index is 0.297. The van der Waals surface area contributed by atoms with Gasteiger partial charge in [-0.2, -0.15) is 0 Å². The maximum absolute atomic E-state index is 7.22. The Bertz CT molecular complexity index is 216. The van der Waals surface area contributed by atoms with E-state index in [1.54, 1.807) is 7.11 Å². The smallest absolute Gasteiger partial charge is 0.0905 e. The highest BCUT2D eigenvalue weighted by molar-refractivity contribution is 5.76. The van der Waals surface area contributed by atoms with Crippen LogP contribution >= 0.6 is 0 Å². The molecule has 0 aliphatic heterocycles. The average Bonchev–Trinajstić information content (AvgIpc) is 3.05. The summed E-state index contributed by atoms with van der Waals surface area (Å²) in [6.45, 7) is 5.12. The maximum atomic E-state index is 7.22. The van der Waals surface area contributed by atoms with Gasteiger partial charge in [0.25, 0.3) is 0 Å². The molecule has 4 heteroatoms. The third kappa shape index (κ3) is 4.94. The van der Waals surface area contributed by atoms with Crippen LogP contribution in [-0.4, -0.2) is 43.6 Å². The molecule has 3 N–H and O–H groups in total. The number of ether oxygens (including phenoxy) is 1. The monoisotopic (exact) mass is 227 g/mol. The van der Waals surface area contributed by atoms with Gasteiger partial charge in [-0.25, -0.2) is 0 Å². The van der Waals surface area contributed by atoms with Gasteiger partial charge in [0.15, 0.2) is 0 Å². The van der Waals surface area contributed by atoms with E-state index in [4.69, 9.17) is 15.9 Å². The fraction of sp³-hybridized carbons (Fsp3) is 0.917. The topological polar surface area (TPSA) is 62.3 Å². The molecule has 0 bridgehead atoms. The molecule has 16 heavy (non-hydrogen) atoms. The average molecular weight is 227 g/mol. The number of rotatable bonds is 9. The molecule has 0 amide bonds. The summed E-state index contributed by atoms with van der Waals surface area (Å²) in [4.78, 5) is 2.48. The Hall–Kier alpha value is -0.610. The van der Waals surface area contributed by atoms with Crippen LogP contribution in [-0.2, 0) is 4.74 Å². The summed E-state index contributed by atoms with van der Waals surface area (Å²) < 4.78 is 5.14. The first-order chi connectivity index (χ1) is 7.65. The van der Waals surface area contributed by atoms with Gasteiger partial charge >= 0.3 is 0 Å². The fourth-order valence-corrected chi connectivity index (χ4v) is 2.08. The molecule has 1 aliphatic rings. The van der Waals surface area contributed by atoms with Crippen molar-refractivity contribution in [2.75, 3.05) is 26.8 Å². The van der Waals surface area contributed by atoms with Crippen LogP contribution in [0.3, 0.4) is 0 Å². The molecule has 0 saturated heterocycles. The molecular formula is C12H25N3O. The van der Waals surface area contributed by atoms with Crippen LogP contribution in [0.2, 0.25) is 0 Å². The minimum atomic E-state index is 0.297. The quantitative estimate of drug-likeness (QED) is 0.463. The van der Waals surface area contributed by atoms with Crippen molar-refractivity contribution in [3.8, 4) is 0 Å². The van der Waals surface area contributed by atoms with E-state index in [-0.39, 0.29) is 0 Å². The number of nitrogens with one attached hydrogen (secondary N) is 1. The van der Waals surface area contributed by atoms with Crippen LogP contribution < -0.4 is 5.73 Å². The third-order valence-corrected chi connectivity index (χ3v) is 3.35. The summed E-state index contributed by atoms with van der Waals surface area (Å²) in [5.74, 6) is 1.18. The Balaban J connectivity index is 2.27. The van der Waals surface area contributed by atoms with Crippen molar-refractivity contribution in [3.63, 3.8) is 0 Å². The zero-order valence-electron chi connectivity index (χ0n) is 10.5. The Morgan fingerprint density at radius 3 is 2.69 bits per heavy atom. The highest BCUT2D eigenvalue weighted by Crippen LogP contribution is 2.35. The molecule has 0 heterocycles. The summed E-state index contributed by atoms with van der Waals surface area (Å²) in [7, 11) is 1.75. The largest absolute Gasteiger partial charge is 0.388 e. The molecule has 1 aliphatic carbocycles. The summed E-state index contributed by atoms with van der Waals surface area (Å²) in [6, 6.07) is 0.655. The SMILES string of the molecule is COCCN(CCCC(=N)N)C(C)C1CC1. The Kier molecular flexibility index (Phi) is 5.77. The highest BCUT2D eigenvalue weighted by Gasteiger charge is 2.31. The lowest BCUT2D eigenvalue weighted by Gasteiger charge is -2.28. The first kappa shape index (κ1) is 13.5. The number of hydrogen-bond acceptors (Lipinski definition) is 3. The molecule has 0 radical (unpaired) electrons. The Morgan fingerprint density at radius 2 is 2.19 bits per heavy atom. The van der Waals surface area contributed by atoms with Crippen LogP contribution in [0.1, 0.15) is 32.6 Å². The zero-order chi connectivity index (χ0) is 12.0.